The predicted molar refractivity (Wildman–Crippen MR) is 56.1 cm³/mol. The van der Waals surface area contributed by atoms with Crippen LogP contribution in [0.4, 0.5) is 0 Å². The van der Waals surface area contributed by atoms with Gasteiger partial charge in [-0.25, -0.2) is 0 Å². The Morgan fingerprint density at radius 3 is 2.25 bits per heavy atom. The molecule has 0 saturated heterocycles. The SMILES string of the molecule is [CH3][Sn]([CH3])([CH3])[CH2]Cc1ccncc1. The van der Waals surface area contributed by atoms with E-state index in [-0.39, 0.29) is 0 Å². The second-order valence-corrected chi connectivity index (χ2v) is 20.5. The van der Waals surface area contributed by atoms with E-state index < -0.39 is 18.4 Å². The second-order valence-electron chi connectivity index (χ2n) is 4.42. The van der Waals surface area contributed by atoms with Crippen molar-refractivity contribution in [2.45, 2.75) is 25.7 Å². The van der Waals surface area contributed by atoms with Crippen LogP contribution in [0.15, 0.2) is 24.5 Å². The van der Waals surface area contributed by atoms with Gasteiger partial charge in [-0.2, -0.15) is 0 Å². The minimum absolute atomic E-state index is 1.25. The van der Waals surface area contributed by atoms with Gasteiger partial charge in [0.25, 0.3) is 0 Å². The fraction of sp³-hybridized carbons (Fsp3) is 0.500. The summed E-state index contributed by atoms with van der Waals surface area (Å²) in [6.07, 6.45) is 5.02. The summed E-state index contributed by atoms with van der Waals surface area (Å²) < 4.78 is 1.44. The zero-order valence-electron chi connectivity index (χ0n) is 8.17. The first-order chi connectivity index (χ1) is 5.58. The molecule has 0 bridgehead atoms. The molecule has 0 atom stereocenters. The Morgan fingerprint density at radius 2 is 1.75 bits per heavy atom. The number of pyridine rings is 1. The average molecular weight is 270 g/mol. The van der Waals surface area contributed by atoms with Crippen LogP contribution >= 0.6 is 0 Å². The molecule has 1 rings (SSSR count). The molecule has 0 aromatic carbocycles. The number of aryl methyl sites for hydroxylation is 1. The Kier molecular flexibility index (Phi) is 3.56. The van der Waals surface area contributed by atoms with E-state index in [1.165, 1.54) is 16.4 Å². The van der Waals surface area contributed by atoms with Gasteiger partial charge in [-0.1, -0.05) is 0 Å². The topological polar surface area (TPSA) is 12.9 Å². The molecule has 0 amide bonds. The van der Waals surface area contributed by atoms with Crippen molar-refractivity contribution >= 4 is 18.4 Å². The van der Waals surface area contributed by atoms with Crippen LogP contribution in [0.1, 0.15) is 5.56 Å². The van der Waals surface area contributed by atoms with Gasteiger partial charge < -0.3 is 0 Å². The van der Waals surface area contributed by atoms with Crippen LogP contribution in [0.3, 0.4) is 0 Å². The third kappa shape index (κ3) is 4.09. The van der Waals surface area contributed by atoms with Crippen LogP contribution in [0, 0.1) is 0 Å². The van der Waals surface area contributed by atoms with Crippen molar-refractivity contribution in [1.29, 1.82) is 0 Å². The van der Waals surface area contributed by atoms with Crippen molar-refractivity contribution in [2.75, 3.05) is 0 Å². The summed E-state index contributed by atoms with van der Waals surface area (Å²) >= 11 is -1.52. The number of hydrogen-bond acceptors (Lipinski definition) is 1. The average Bonchev–Trinajstić information content (AvgIpc) is 2.02. The summed E-state index contributed by atoms with van der Waals surface area (Å²) in [5, 5.41) is 0. The number of nitrogens with zero attached hydrogens (tertiary/aromatic N) is 1. The normalized spacial score (nSPS) is 11.6. The van der Waals surface area contributed by atoms with Gasteiger partial charge in [0, 0.05) is 0 Å². The molecule has 0 aliphatic rings. The summed E-state index contributed by atoms with van der Waals surface area (Å²) in [6, 6.07) is 4.25. The van der Waals surface area contributed by atoms with Gasteiger partial charge in [-0.05, 0) is 0 Å². The Hall–Kier alpha value is -0.0513. The summed E-state index contributed by atoms with van der Waals surface area (Å²) in [7, 11) is 0. The van der Waals surface area contributed by atoms with E-state index in [4.69, 9.17) is 0 Å². The molecule has 1 heterocycles. The maximum atomic E-state index is 4.01. The fourth-order valence-electron chi connectivity index (χ4n) is 1.07. The van der Waals surface area contributed by atoms with E-state index >= 15 is 0 Å². The standard InChI is InChI=1S/C7H8N.3CH3.Sn/c1-2-7-3-5-8-6-4-7;;;;/h3-6H,1-2H2;3*1H3;. The molecule has 1 aromatic rings. The molecule has 0 unspecified atom stereocenters. The van der Waals surface area contributed by atoms with Gasteiger partial charge in [0.15, 0.2) is 0 Å². The summed E-state index contributed by atoms with van der Waals surface area (Å²) in [5.41, 5.74) is 1.44. The van der Waals surface area contributed by atoms with Gasteiger partial charge in [0.2, 0.25) is 0 Å². The Balaban J connectivity index is 2.44. The molecule has 0 saturated carbocycles. The van der Waals surface area contributed by atoms with E-state index in [1.807, 2.05) is 12.4 Å². The Morgan fingerprint density at radius 1 is 1.17 bits per heavy atom. The molecule has 0 aliphatic heterocycles. The Bertz CT molecular complexity index is 225. The van der Waals surface area contributed by atoms with Gasteiger partial charge in [0.1, 0.15) is 0 Å². The van der Waals surface area contributed by atoms with Gasteiger partial charge in [0.05, 0.1) is 0 Å². The first-order valence-corrected chi connectivity index (χ1v) is 15.0. The summed E-state index contributed by atoms with van der Waals surface area (Å²) in [4.78, 5) is 11.5. The molecule has 0 radical (unpaired) electrons. The van der Waals surface area contributed by atoms with E-state index in [9.17, 15) is 0 Å². The van der Waals surface area contributed by atoms with Crippen LogP contribution in [-0.4, -0.2) is 23.4 Å². The molecular weight excluding hydrogens is 253 g/mol. The molecule has 0 spiro atoms. The quantitative estimate of drug-likeness (QED) is 0.769. The molecule has 0 aliphatic carbocycles. The van der Waals surface area contributed by atoms with Crippen molar-refractivity contribution in [1.82, 2.24) is 4.98 Å². The number of aromatic nitrogens is 1. The van der Waals surface area contributed by atoms with Gasteiger partial charge in [-0.15, -0.1) is 0 Å². The van der Waals surface area contributed by atoms with Gasteiger partial charge >= 0.3 is 79.1 Å². The van der Waals surface area contributed by atoms with E-state index in [0.29, 0.717) is 0 Å². The fourth-order valence-corrected chi connectivity index (χ4v) is 4.03. The predicted octanol–water partition coefficient (Wildman–Crippen LogP) is 2.96. The van der Waals surface area contributed by atoms with Crippen LogP contribution in [0.5, 0.6) is 0 Å². The number of hydrogen-bond donors (Lipinski definition) is 0. The zero-order chi connectivity index (χ0) is 9.03. The first kappa shape index (κ1) is 10.0. The maximum absolute atomic E-state index is 4.01. The third-order valence-corrected chi connectivity index (χ3v) is 6.91. The van der Waals surface area contributed by atoms with Crippen molar-refractivity contribution in [3.8, 4) is 0 Å². The van der Waals surface area contributed by atoms with E-state index in [0.717, 1.165) is 0 Å². The molecule has 1 aromatic heterocycles. The van der Waals surface area contributed by atoms with Crippen LogP contribution in [0.25, 0.3) is 0 Å². The first-order valence-electron chi connectivity index (χ1n) is 4.47. The zero-order valence-corrected chi connectivity index (χ0v) is 11.0. The summed E-state index contributed by atoms with van der Waals surface area (Å²) in [6.45, 7) is 0. The van der Waals surface area contributed by atoms with Crippen LogP contribution in [-0.2, 0) is 6.42 Å². The van der Waals surface area contributed by atoms with Gasteiger partial charge in [-0.3, -0.25) is 0 Å². The molecule has 0 fully saturated rings. The van der Waals surface area contributed by atoms with Crippen molar-refractivity contribution in [3.05, 3.63) is 30.1 Å². The van der Waals surface area contributed by atoms with Crippen LogP contribution in [0.2, 0.25) is 19.3 Å². The molecule has 66 valence electrons. The van der Waals surface area contributed by atoms with Crippen molar-refractivity contribution in [2.24, 2.45) is 0 Å². The van der Waals surface area contributed by atoms with Crippen molar-refractivity contribution in [3.63, 3.8) is 0 Å². The Labute approximate surface area is 79.1 Å². The molecule has 0 N–H and O–H groups in total. The third-order valence-electron chi connectivity index (χ3n) is 1.91. The number of rotatable bonds is 3. The molecule has 1 nitrogen and oxygen atoms in total. The monoisotopic (exact) mass is 271 g/mol. The second kappa shape index (κ2) is 4.26. The van der Waals surface area contributed by atoms with E-state index in [1.54, 1.807) is 0 Å². The summed E-state index contributed by atoms with van der Waals surface area (Å²) in [5.74, 6) is 0. The minimum atomic E-state index is -1.52. The molecule has 12 heavy (non-hydrogen) atoms. The van der Waals surface area contributed by atoms with E-state index in [2.05, 4.69) is 31.9 Å². The molecular formula is C10H17NSn. The molecule has 2 heteroatoms. The van der Waals surface area contributed by atoms with Crippen LogP contribution < -0.4 is 0 Å². The van der Waals surface area contributed by atoms with Crippen molar-refractivity contribution < 1.29 is 0 Å².